The molecule has 0 aliphatic heterocycles. The lowest BCUT2D eigenvalue weighted by Crippen LogP contribution is -2.12. The lowest BCUT2D eigenvalue weighted by molar-refractivity contribution is -0.142. The minimum absolute atomic E-state index is 0.0950. The van der Waals surface area contributed by atoms with Crippen molar-refractivity contribution in [3.8, 4) is 0 Å². The summed E-state index contributed by atoms with van der Waals surface area (Å²) in [7, 11) is 0. The SMILES string of the molecule is Fc1ccc(CBr)c(F)c1C(F)(F)F. The van der Waals surface area contributed by atoms with Gasteiger partial charge in [-0.3, -0.25) is 0 Å². The van der Waals surface area contributed by atoms with Crippen molar-refractivity contribution in [2.45, 2.75) is 11.5 Å². The van der Waals surface area contributed by atoms with Gasteiger partial charge in [-0.1, -0.05) is 22.0 Å². The van der Waals surface area contributed by atoms with Crippen molar-refractivity contribution in [1.29, 1.82) is 0 Å². The van der Waals surface area contributed by atoms with Gasteiger partial charge in [0.1, 0.15) is 17.2 Å². The van der Waals surface area contributed by atoms with Crippen molar-refractivity contribution in [1.82, 2.24) is 0 Å². The van der Waals surface area contributed by atoms with E-state index in [0.717, 1.165) is 6.07 Å². The standard InChI is InChI=1S/C8H4BrF5/c9-3-4-1-2-5(10)6(7(4)11)8(12,13)14/h1-2H,3H2. The van der Waals surface area contributed by atoms with Gasteiger partial charge < -0.3 is 0 Å². The van der Waals surface area contributed by atoms with Crippen LogP contribution < -0.4 is 0 Å². The fourth-order valence-electron chi connectivity index (χ4n) is 0.959. The molecule has 0 aliphatic carbocycles. The lowest BCUT2D eigenvalue weighted by Gasteiger charge is -2.10. The predicted molar refractivity (Wildman–Crippen MR) is 44.0 cm³/mol. The van der Waals surface area contributed by atoms with Gasteiger partial charge in [0.2, 0.25) is 0 Å². The molecule has 1 aromatic carbocycles. The molecule has 0 aliphatic rings. The van der Waals surface area contributed by atoms with Crippen molar-refractivity contribution >= 4 is 15.9 Å². The van der Waals surface area contributed by atoms with E-state index < -0.39 is 23.4 Å². The van der Waals surface area contributed by atoms with Crippen LogP contribution in [0.3, 0.4) is 0 Å². The van der Waals surface area contributed by atoms with Crippen LogP contribution in [0.1, 0.15) is 11.1 Å². The highest BCUT2D eigenvalue weighted by Gasteiger charge is 2.38. The molecule has 78 valence electrons. The van der Waals surface area contributed by atoms with E-state index >= 15 is 0 Å². The maximum absolute atomic E-state index is 13.0. The Morgan fingerprint density at radius 1 is 1.14 bits per heavy atom. The number of alkyl halides is 4. The molecule has 0 radical (unpaired) electrons. The number of halogens is 6. The summed E-state index contributed by atoms with van der Waals surface area (Å²) in [5.41, 5.74) is -2.06. The van der Waals surface area contributed by atoms with E-state index in [1.54, 1.807) is 0 Å². The quantitative estimate of drug-likeness (QED) is 0.539. The van der Waals surface area contributed by atoms with Crippen LogP contribution in [0.25, 0.3) is 0 Å². The van der Waals surface area contributed by atoms with Gasteiger partial charge in [0.05, 0.1) is 0 Å². The third kappa shape index (κ3) is 2.05. The van der Waals surface area contributed by atoms with Gasteiger partial charge in [-0.25, -0.2) is 8.78 Å². The normalized spacial score (nSPS) is 11.9. The van der Waals surface area contributed by atoms with E-state index in [-0.39, 0.29) is 10.9 Å². The summed E-state index contributed by atoms with van der Waals surface area (Å²) in [6, 6.07) is 1.57. The van der Waals surface area contributed by atoms with Crippen LogP contribution in [0.4, 0.5) is 22.0 Å². The summed E-state index contributed by atoms with van der Waals surface area (Å²) in [5, 5.41) is -0.0950. The average molecular weight is 275 g/mol. The molecule has 0 unspecified atom stereocenters. The van der Waals surface area contributed by atoms with Crippen LogP contribution in [0.15, 0.2) is 12.1 Å². The van der Waals surface area contributed by atoms with Crippen molar-refractivity contribution in [3.63, 3.8) is 0 Å². The van der Waals surface area contributed by atoms with E-state index in [1.807, 2.05) is 0 Å². The summed E-state index contributed by atoms with van der Waals surface area (Å²) in [4.78, 5) is 0. The lowest BCUT2D eigenvalue weighted by atomic mass is 10.1. The molecule has 0 fully saturated rings. The van der Waals surface area contributed by atoms with Crippen molar-refractivity contribution in [2.24, 2.45) is 0 Å². The van der Waals surface area contributed by atoms with E-state index in [2.05, 4.69) is 15.9 Å². The summed E-state index contributed by atoms with van der Waals surface area (Å²) >= 11 is 2.80. The Balaban J connectivity index is 3.40. The minimum Gasteiger partial charge on any atom is -0.206 e. The van der Waals surface area contributed by atoms with Crippen LogP contribution in [0.5, 0.6) is 0 Å². The van der Waals surface area contributed by atoms with Gasteiger partial charge in [0, 0.05) is 5.33 Å². The number of hydrogen-bond donors (Lipinski definition) is 0. The number of hydrogen-bond acceptors (Lipinski definition) is 0. The van der Waals surface area contributed by atoms with Gasteiger partial charge >= 0.3 is 6.18 Å². The molecule has 0 saturated heterocycles. The number of rotatable bonds is 1. The van der Waals surface area contributed by atoms with Gasteiger partial charge in [-0.05, 0) is 11.6 Å². The highest BCUT2D eigenvalue weighted by Crippen LogP contribution is 2.34. The zero-order valence-electron chi connectivity index (χ0n) is 6.63. The predicted octanol–water partition coefficient (Wildman–Crippen LogP) is 3.88. The molecule has 0 bridgehead atoms. The maximum atomic E-state index is 13.0. The Bertz CT molecular complexity index is 344. The Labute approximate surface area is 84.9 Å². The molecule has 0 nitrogen and oxygen atoms in total. The first kappa shape index (κ1) is 11.4. The molecule has 0 N–H and O–H groups in total. The van der Waals surface area contributed by atoms with Crippen molar-refractivity contribution in [3.05, 3.63) is 34.9 Å². The summed E-state index contributed by atoms with van der Waals surface area (Å²) < 4.78 is 62.1. The molecule has 1 rings (SSSR count). The van der Waals surface area contributed by atoms with Gasteiger partial charge in [-0.2, -0.15) is 13.2 Å². The fraction of sp³-hybridized carbons (Fsp3) is 0.250. The number of benzene rings is 1. The third-order valence-electron chi connectivity index (χ3n) is 1.60. The first-order chi connectivity index (χ1) is 6.38. The van der Waals surface area contributed by atoms with Gasteiger partial charge in [-0.15, -0.1) is 0 Å². The molecular formula is C8H4BrF5. The van der Waals surface area contributed by atoms with E-state index in [0.29, 0.717) is 6.07 Å². The van der Waals surface area contributed by atoms with Crippen LogP contribution in [-0.2, 0) is 11.5 Å². The second-order valence-electron chi connectivity index (χ2n) is 2.53. The van der Waals surface area contributed by atoms with Crippen LogP contribution in [-0.4, -0.2) is 0 Å². The zero-order chi connectivity index (χ0) is 10.9. The van der Waals surface area contributed by atoms with Crippen LogP contribution in [0, 0.1) is 11.6 Å². The second kappa shape index (κ2) is 3.84. The molecule has 0 saturated carbocycles. The Kier molecular flexibility index (Phi) is 3.14. The zero-order valence-corrected chi connectivity index (χ0v) is 8.22. The minimum atomic E-state index is -5.01. The highest BCUT2D eigenvalue weighted by molar-refractivity contribution is 9.08. The molecule has 0 heterocycles. The molecule has 14 heavy (non-hydrogen) atoms. The van der Waals surface area contributed by atoms with Crippen LogP contribution in [0.2, 0.25) is 0 Å². The molecule has 0 atom stereocenters. The molecule has 0 spiro atoms. The first-order valence-electron chi connectivity index (χ1n) is 3.48. The van der Waals surface area contributed by atoms with Gasteiger partial charge in [0.15, 0.2) is 0 Å². The molecule has 1 aromatic rings. The highest BCUT2D eigenvalue weighted by atomic mass is 79.9. The third-order valence-corrected chi connectivity index (χ3v) is 2.20. The topological polar surface area (TPSA) is 0 Å². The van der Waals surface area contributed by atoms with Crippen molar-refractivity contribution < 1.29 is 22.0 Å². The van der Waals surface area contributed by atoms with E-state index in [4.69, 9.17) is 0 Å². The Morgan fingerprint density at radius 2 is 1.71 bits per heavy atom. The largest absolute Gasteiger partial charge is 0.422 e. The van der Waals surface area contributed by atoms with Crippen molar-refractivity contribution in [2.75, 3.05) is 0 Å². The van der Waals surface area contributed by atoms with E-state index in [9.17, 15) is 22.0 Å². The van der Waals surface area contributed by atoms with Gasteiger partial charge in [0.25, 0.3) is 0 Å². The summed E-state index contributed by atoms with van der Waals surface area (Å²) in [6.45, 7) is 0. The molecule has 6 heteroatoms. The maximum Gasteiger partial charge on any atom is 0.422 e. The van der Waals surface area contributed by atoms with Crippen LogP contribution >= 0.6 is 15.9 Å². The second-order valence-corrected chi connectivity index (χ2v) is 3.09. The smallest absolute Gasteiger partial charge is 0.206 e. The molecule has 0 amide bonds. The molecular weight excluding hydrogens is 271 g/mol. The van der Waals surface area contributed by atoms with E-state index in [1.165, 1.54) is 0 Å². The first-order valence-corrected chi connectivity index (χ1v) is 4.60. The Morgan fingerprint density at radius 3 is 2.14 bits per heavy atom. The Hall–Kier alpha value is -0.650. The average Bonchev–Trinajstić information content (AvgIpc) is 2.02. The summed E-state index contributed by atoms with van der Waals surface area (Å²) in [5.74, 6) is -3.16. The monoisotopic (exact) mass is 274 g/mol. The molecule has 0 aromatic heterocycles. The fourth-order valence-corrected chi connectivity index (χ4v) is 1.39. The summed E-state index contributed by atoms with van der Waals surface area (Å²) in [6.07, 6.45) is -5.01.